The molecule has 0 radical (unpaired) electrons. The van der Waals surface area contributed by atoms with E-state index >= 15 is 0 Å². The minimum absolute atomic E-state index is 0.549. The average molecular weight is 261 g/mol. The van der Waals surface area contributed by atoms with Crippen molar-refractivity contribution < 1.29 is 0 Å². The summed E-state index contributed by atoms with van der Waals surface area (Å²) in [5.74, 6) is 0. The Bertz CT molecular complexity index is 430. The number of piperazine rings is 1. The highest BCUT2D eigenvalue weighted by Crippen LogP contribution is 2.26. The zero-order valence-electron chi connectivity index (χ0n) is 12.9. The normalized spacial score (nSPS) is 24.8. The van der Waals surface area contributed by atoms with Crippen molar-refractivity contribution in [3.05, 3.63) is 29.3 Å². The number of aryl methyl sites for hydroxylation is 2. The summed E-state index contributed by atoms with van der Waals surface area (Å²) in [4.78, 5) is 5.04. The van der Waals surface area contributed by atoms with Gasteiger partial charge in [-0.3, -0.25) is 4.90 Å². The number of hydrogen-bond donors (Lipinski definition) is 1. The van der Waals surface area contributed by atoms with Crippen LogP contribution in [0.5, 0.6) is 0 Å². The maximum absolute atomic E-state index is 3.34. The van der Waals surface area contributed by atoms with E-state index in [1.807, 2.05) is 7.05 Å². The van der Waals surface area contributed by atoms with Gasteiger partial charge in [0, 0.05) is 31.4 Å². The number of anilines is 1. The second-order valence-corrected chi connectivity index (χ2v) is 5.94. The van der Waals surface area contributed by atoms with Gasteiger partial charge in [0.25, 0.3) is 0 Å². The summed E-state index contributed by atoms with van der Waals surface area (Å²) in [7, 11) is 4.27. The van der Waals surface area contributed by atoms with E-state index in [1.54, 1.807) is 0 Å². The van der Waals surface area contributed by atoms with E-state index in [2.05, 4.69) is 61.1 Å². The highest BCUT2D eigenvalue weighted by atomic mass is 15.3. The van der Waals surface area contributed by atoms with Gasteiger partial charge in [-0.25, -0.2) is 0 Å². The zero-order valence-corrected chi connectivity index (χ0v) is 12.9. The Kier molecular flexibility index (Phi) is 4.48. The first-order valence-corrected chi connectivity index (χ1v) is 7.21. The molecule has 0 aromatic heterocycles. The lowest BCUT2D eigenvalue weighted by molar-refractivity contribution is 0.198. The van der Waals surface area contributed by atoms with Crippen LogP contribution in [0, 0.1) is 13.8 Å². The molecule has 1 fully saturated rings. The summed E-state index contributed by atoms with van der Waals surface area (Å²) < 4.78 is 0. The summed E-state index contributed by atoms with van der Waals surface area (Å²) in [6.45, 7) is 9.95. The van der Waals surface area contributed by atoms with Gasteiger partial charge in [-0.1, -0.05) is 17.7 Å². The lowest BCUT2D eigenvalue weighted by Crippen LogP contribution is -2.59. The molecule has 3 nitrogen and oxygen atoms in total. The van der Waals surface area contributed by atoms with Crippen LogP contribution in [-0.4, -0.2) is 50.7 Å². The van der Waals surface area contributed by atoms with Crippen molar-refractivity contribution in [2.45, 2.75) is 32.9 Å². The largest absolute Gasteiger partial charge is 0.364 e. The van der Waals surface area contributed by atoms with Crippen molar-refractivity contribution in [2.24, 2.45) is 0 Å². The fraction of sp³-hybridized carbons (Fsp3) is 0.625. The molecular weight excluding hydrogens is 234 g/mol. The molecule has 0 bridgehead atoms. The summed E-state index contributed by atoms with van der Waals surface area (Å²) in [6.07, 6.45) is 0. The molecule has 0 aliphatic carbocycles. The Morgan fingerprint density at radius 2 is 2.00 bits per heavy atom. The molecule has 106 valence electrons. The molecule has 1 aromatic rings. The second kappa shape index (κ2) is 5.93. The predicted molar refractivity (Wildman–Crippen MR) is 83.1 cm³/mol. The van der Waals surface area contributed by atoms with Gasteiger partial charge in [0.05, 0.1) is 6.04 Å². The SMILES string of the molecule is CNCC1CN(C)C(C)CN1c1ccc(C)cc1C. The van der Waals surface area contributed by atoms with Crippen molar-refractivity contribution >= 4 is 5.69 Å². The van der Waals surface area contributed by atoms with E-state index in [0.29, 0.717) is 12.1 Å². The molecule has 1 N–H and O–H groups in total. The van der Waals surface area contributed by atoms with Crippen molar-refractivity contribution in [2.75, 3.05) is 38.6 Å². The second-order valence-electron chi connectivity index (χ2n) is 5.94. The van der Waals surface area contributed by atoms with Gasteiger partial charge in [-0.15, -0.1) is 0 Å². The van der Waals surface area contributed by atoms with E-state index in [4.69, 9.17) is 0 Å². The lowest BCUT2D eigenvalue weighted by Gasteiger charge is -2.45. The van der Waals surface area contributed by atoms with Gasteiger partial charge in [-0.05, 0) is 46.5 Å². The van der Waals surface area contributed by atoms with E-state index in [0.717, 1.165) is 19.6 Å². The van der Waals surface area contributed by atoms with Crippen LogP contribution in [0.2, 0.25) is 0 Å². The highest BCUT2D eigenvalue weighted by molar-refractivity contribution is 5.56. The molecule has 2 unspecified atom stereocenters. The van der Waals surface area contributed by atoms with Crippen LogP contribution in [0.25, 0.3) is 0 Å². The number of benzene rings is 1. The topological polar surface area (TPSA) is 18.5 Å². The maximum atomic E-state index is 3.34. The van der Waals surface area contributed by atoms with Crippen LogP contribution in [0.1, 0.15) is 18.1 Å². The van der Waals surface area contributed by atoms with E-state index < -0.39 is 0 Å². The third kappa shape index (κ3) is 3.10. The zero-order chi connectivity index (χ0) is 14.0. The molecule has 0 spiro atoms. The van der Waals surface area contributed by atoms with Crippen LogP contribution in [-0.2, 0) is 0 Å². The van der Waals surface area contributed by atoms with Gasteiger partial charge in [0.1, 0.15) is 0 Å². The van der Waals surface area contributed by atoms with Gasteiger partial charge >= 0.3 is 0 Å². The number of hydrogen-bond acceptors (Lipinski definition) is 3. The van der Waals surface area contributed by atoms with Gasteiger partial charge in [0.15, 0.2) is 0 Å². The molecular formula is C16H27N3. The smallest absolute Gasteiger partial charge is 0.0542 e. The Balaban J connectivity index is 2.28. The Labute approximate surface area is 117 Å². The predicted octanol–water partition coefficient (Wildman–Crippen LogP) is 2.03. The van der Waals surface area contributed by atoms with Crippen molar-refractivity contribution in [3.8, 4) is 0 Å². The maximum Gasteiger partial charge on any atom is 0.0542 e. The van der Waals surface area contributed by atoms with Crippen molar-refractivity contribution in [1.82, 2.24) is 10.2 Å². The van der Waals surface area contributed by atoms with Gasteiger partial charge in [-0.2, -0.15) is 0 Å². The highest BCUT2D eigenvalue weighted by Gasteiger charge is 2.29. The summed E-state index contributed by atoms with van der Waals surface area (Å²) >= 11 is 0. The molecule has 0 amide bonds. The standard InChI is InChI=1S/C16H27N3/c1-12-6-7-16(13(2)8-12)19-10-14(3)18(5)11-15(19)9-17-4/h6-8,14-15,17H,9-11H2,1-5H3. The van der Waals surface area contributed by atoms with E-state index in [9.17, 15) is 0 Å². The molecule has 3 heteroatoms. The van der Waals surface area contributed by atoms with Gasteiger partial charge < -0.3 is 10.2 Å². The molecule has 1 aliphatic rings. The van der Waals surface area contributed by atoms with Crippen LogP contribution >= 0.6 is 0 Å². The van der Waals surface area contributed by atoms with E-state index in [1.165, 1.54) is 16.8 Å². The van der Waals surface area contributed by atoms with Crippen molar-refractivity contribution in [1.29, 1.82) is 0 Å². The minimum Gasteiger partial charge on any atom is -0.364 e. The number of likely N-dealkylation sites (N-methyl/N-ethyl adjacent to an activating group) is 2. The lowest BCUT2D eigenvalue weighted by atomic mass is 10.0. The first-order chi connectivity index (χ1) is 9.02. The molecule has 0 saturated carbocycles. The third-order valence-electron chi connectivity index (χ3n) is 4.25. The molecule has 1 aromatic carbocycles. The Morgan fingerprint density at radius 1 is 1.26 bits per heavy atom. The molecule has 19 heavy (non-hydrogen) atoms. The Hall–Kier alpha value is -1.06. The molecule has 2 atom stereocenters. The average Bonchev–Trinajstić information content (AvgIpc) is 2.34. The number of nitrogens with one attached hydrogen (secondary N) is 1. The van der Waals surface area contributed by atoms with Crippen molar-refractivity contribution in [3.63, 3.8) is 0 Å². The molecule has 1 heterocycles. The monoisotopic (exact) mass is 261 g/mol. The van der Waals surface area contributed by atoms with Crippen LogP contribution in [0.4, 0.5) is 5.69 Å². The van der Waals surface area contributed by atoms with Crippen LogP contribution in [0.3, 0.4) is 0 Å². The number of rotatable bonds is 3. The minimum atomic E-state index is 0.549. The first-order valence-electron chi connectivity index (χ1n) is 7.21. The summed E-state index contributed by atoms with van der Waals surface area (Å²) in [5.41, 5.74) is 4.12. The molecule has 1 saturated heterocycles. The Morgan fingerprint density at radius 3 is 2.63 bits per heavy atom. The third-order valence-corrected chi connectivity index (χ3v) is 4.25. The van der Waals surface area contributed by atoms with Gasteiger partial charge in [0.2, 0.25) is 0 Å². The quantitative estimate of drug-likeness (QED) is 0.898. The van der Waals surface area contributed by atoms with Crippen LogP contribution in [0.15, 0.2) is 18.2 Å². The summed E-state index contributed by atoms with van der Waals surface area (Å²) in [6, 6.07) is 7.95. The molecule has 1 aliphatic heterocycles. The fourth-order valence-corrected chi connectivity index (χ4v) is 3.02. The molecule has 2 rings (SSSR count). The fourth-order valence-electron chi connectivity index (χ4n) is 3.02. The van der Waals surface area contributed by atoms with E-state index in [-0.39, 0.29) is 0 Å². The van der Waals surface area contributed by atoms with Crippen LogP contribution < -0.4 is 10.2 Å². The summed E-state index contributed by atoms with van der Waals surface area (Å²) in [5, 5.41) is 3.34. The number of nitrogens with zero attached hydrogens (tertiary/aromatic N) is 2. The first kappa shape index (κ1) is 14.4.